The summed E-state index contributed by atoms with van der Waals surface area (Å²) in [7, 11) is 0. The van der Waals surface area contributed by atoms with Gasteiger partial charge >= 0.3 is 6.03 Å². The van der Waals surface area contributed by atoms with Crippen LogP contribution in [0.25, 0.3) is 0 Å². The fourth-order valence-electron chi connectivity index (χ4n) is 2.46. The maximum absolute atomic E-state index is 13.8. The van der Waals surface area contributed by atoms with Crippen LogP contribution in [0, 0.1) is 17.7 Å². The van der Waals surface area contributed by atoms with Gasteiger partial charge in [0, 0.05) is 13.1 Å². The molecule has 0 spiro atoms. The zero-order chi connectivity index (χ0) is 20.7. The van der Waals surface area contributed by atoms with Gasteiger partial charge in [-0.2, -0.15) is 0 Å². The third-order valence-electron chi connectivity index (χ3n) is 3.77. The van der Waals surface area contributed by atoms with Gasteiger partial charge in [0.15, 0.2) is 5.69 Å². The predicted octanol–water partition coefficient (Wildman–Crippen LogP) is 3.89. The molecule has 0 unspecified atom stereocenters. The third kappa shape index (κ3) is 6.37. The predicted molar refractivity (Wildman–Crippen MR) is 104 cm³/mol. The number of carbonyl (C=O) groups is 2. The maximum atomic E-state index is 13.8. The van der Waals surface area contributed by atoms with Gasteiger partial charge < -0.3 is 20.0 Å². The van der Waals surface area contributed by atoms with Crippen molar-refractivity contribution in [1.29, 1.82) is 0 Å². The highest BCUT2D eigenvalue weighted by molar-refractivity contribution is 5.92. The minimum absolute atomic E-state index is 0.0654. The van der Waals surface area contributed by atoms with Crippen molar-refractivity contribution in [3.63, 3.8) is 0 Å². The van der Waals surface area contributed by atoms with E-state index in [1.807, 2.05) is 27.7 Å². The highest BCUT2D eigenvalue weighted by Gasteiger charge is 2.20. The molecule has 2 N–H and O–H groups in total. The lowest BCUT2D eigenvalue weighted by Crippen LogP contribution is -2.37. The highest BCUT2D eigenvalue weighted by atomic mass is 19.1. The first-order valence-corrected chi connectivity index (χ1v) is 9.29. The van der Waals surface area contributed by atoms with Crippen LogP contribution in [0.5, 0.6) is 0 Å². The number of aromatic nitrogens is 1. The number of hydrogen-bond donors (Lipinski definition) is 2. The van der Waals surface area contributed by atoms with E-state index in [0.717, 1.165) is 0 Å². The Kier molecular flexibility index (Phi) is 7.54. The molecule has 0 aliphatic heterocycles. The number of benzene rings is 1. The van der Waals surface area contributed by atoms with Gasteiger partial charge in [-0.25, -0.2) is 14.2 Å². The van der Waals surface area contributed by atoms with E-state index in [9.17, 15) is 14.0 Å². The SMILES string of the molecule is CC(C)CNC(=O)c1coc(CN(CC(C)C)C(=O)Nc2ccccc2F)n1. The molecule has 1 aromatic heterocycles. The van der Waals surface area contributed by atoms with Gasteiger partial charge in [0.1, 0.15) is 12.1 Å². The second kappa shape index (κ2) is 9.87. The number of para-hydroxylation sites is 1. The Labute approximate surface area is 164 Å². The van der Waals surface area contributed by atoms with Crippen LogP contribution >= 0.6 is 0 Å². The Morgan fingerprint density at radius 3 is 2.54 bits per heavy atom. The van der Waals surface area contributed by atoms with Crippen molar-refractivity contribution in [2.45, 2.75) is 34.2 Å². The standard InChI is InChI=1S/C20H27FN4O3/c1-13(2)9-22-19(26)17-12-28-18(23-17)11-25(10-14(3)4)20(27)24-16-8-6-5-7-15(16)21/h5-8,12-14H,9-11H2,1-4H3,(H,22,26)(H,24,27). The Hall–Kier alpha value is -2.90. The van der Waals surface area contributed by atoms with E-state index in [0.29, 0.717) is 19.0 Å². The number of amides is 3. The third-order valence-corrected chi connectivity index (χ3v) is 3.77. The second-order valence-electron chi connectivity index (χ2n) is 7.41. The molecule has 8 heteroatoms. The molecule has 152 valence electrons. The smallest absolute Gasteiger partial charge is 0.322 e. The molecule has 0 aliphatic rings. The first-order chi connectivity index (χ1) is 13.3. The summed E-state index contributed by atoms with van der Waals surface area (Å²) in [6.07, 6.45) is 1.27. The molecule has 0 saturated heterocycles. The Morgan fingerprint density at radius 2 is 1.89 bits per heavy atom. The number of rotatable bonds is 8. The molecular formula is C20H27FN4O3. The molecule has 0 radical (unpaired) electrons. The van der Waals surface area contributed by atoms with Crippen LogP contribution in [0.3, 0.4) is 0 Å². The Morgan fingerprint density at radius 1 is 1.18 bits per heavy atom. The number of carbonyl (C=O) groups excluding carboxylic acids is 2. The van der Waals surface area contributed by atoms with E-state index in [2.05, 4.69) is 15.6 Å². The van der Waals surface area contributed by atoms with Gasteiger partial charge in [-0.3, -0.25) is 4.79 Å². The van der Waals surface area contributed by atoms with Gasteiger partial charge in [0.2, 0.25) is 5.89 Å². The van der Waals surface area contributed by atoms with Crippen molar-refractivity contribution < 1.29 is 18.4 Å². The van der Waals surface area contributed by atoms with Crippen molar-refractivity contribution in [3.8, 4) is 0 Å². The average molecular weight is 390 g/mol. The van der Waals surface area contributed by atoms with E-state index >= 15 is 0 Å². The number of urea groups is 1. The van der Waals surface area contributed by atoms with E-state index in [4.69, 9.17) is 4.42 Å². The van der Waals surface area contributed by atoms with Crippen LogP contribution in [0.4, 0.5) is 14.9 Å². The lowest BCUT2D eigenvalue weighted by Gasteiger charge is -2.23. The number of anilines is 1. The number of nitrogens with zero attached hydrogens (tertiary/aromatic N) is 2. The van der Waals surface area contributed by atoms with Crippen molar-refractivity contribution in [2.75, 3.05) is 18.4 Å². The lowest BCUT2D eigenvalue weighted by atomic mass is 10.2. The number of nitrogens with one attached hydrogen (secondary N) is 2. The lowest BCUT2D eigenvalue weighted by molar-refractivity contribution is 0.0944. The molecular weight excluding hydrogens is 363 g/mol. The molecule has 1 aromatic carbocycles. The first kappa shape index (κ1) is 21.4. The fourth-order valence-corrected chi connectivity index (χ4v) is 2.46. The van der Waals surface area contributed by atoms with Crippen LogP contribution < -0.4 is 10.6 Å². The molecule has 1 heterocycles. The average Bonchev–Trinajstić information content (AvgIpc) is 3.09. The van der Waals surface area contributed by atoms with Gasteiger partial charge in [0.05, 0.1) is 12.2 Å². The van der Waals surface area contributed by atoms with Crippen molar-refractivity contribution in [3.05, 3.63) is 47.9 Å². The molecule has 0 fully saturated rings. The quantitative estimate of drug-likeness (QED) is 0.716. The van der Waals surface area contributed by atoms with Crippen molar-refractivity contribution >= 4 is 17.6 Å². The minimum Gasteiger partial charge on any atom is -0.446 e. The first-order valence-electron chi connectivity index (χ1n) is 9.29. The topological polar surface area (TPSA) is 87.5 Å². The number of halogens is 1. The second-order valence-corrected chi connectivity index (χ2v) is 7.41. The summed E-state index contributed by atoms with van der Waals surface area (Å²) in [6, 6.07) is 5.49. The van der Waals surface area contributed by atoms with Gasteiger partial charge in [-0.15, -0.1) is 0 Å². The molecule has 28 heavy (non-hydrogen) atoms. The zero-order valence-electron chi connectivity index (χ0n) is 16.7. The molecule has 7 nitrogen and oxygen atoms in total. The van der Waals surface area contributed by atoms with E-state index in [-0.39, 0.29) is 35.6 Å². The zero-order valence-corrected chi connectivity index (χ0v) is 16.7. The molecule has 0 atom stereocenters. The van der Waals surface area contributed by atoms with Crippen LogP contribution in [0.15, 0.2) is 34.9 Å². The summed E-state index contributed by atoms with van der Waals surface area (Å²) in [5.74, 6) is -0.108. The maximum Gasteiger partial charge on any atom is 0.322 e. The van der Waals surface area contributed by atoms with Crippen molar-refractivity contribution in [1.82, 2.24) is 15.2 Å². The van der Waals surface area contributed by atoms with E-state index < -0.39 is 11.8 Å². The molecule has 2 rings (SSSR count). The summed E-state index contributed by atoms with van der Waals surface area (Å²) >= 11 is 0. The monoisotopic (exact) mass is 390 g/mol. The Balaban J connectivity index is 2.06. The van der Waals surface area contributed by atoms with Crippen molar-refractivity contribution in [2.24, 2.45) is 11.8 Å². The molecule has 0 aliphatic carbocycles. The summed E-state index contributed by atoms with van der Waals surface area (Å²) in [6.45, 7) is 8.92. The largest absolute Gasteiger partial charge is 0.446 e. The van der Waals surface area contributed by atoms with Gasteiger partial charge in [-0.05, 0) is 24.0 Å². The van der Waals surface area contributed by atoms with E-state index in [1.54, 1.807) is 12.1 Å². The number of oxazole rings is 1. The molecule has 2 aromatic rings. The van der Waals surface area contributed by atoms with Gasteiger partial charge in [-0.1, -0.05) is 39.8 Å². The normalized spacial score (nSPS) is 11.0. The number of hydrogen-bond acceptors (Lipinski definition) is 4. The van der Waals surface area contributed by atoms with E-state index in [1.165, 1.54) is 23.3 Å². The fraction of sp³-hybridized carbons (Fsp3) is 0.450. The minimum atomic E-state index is -0.513. The summed E-state index contributed by atoms with van der Waals surface area (Å²) in [5, 5.41) is 5.32. The summed E-state index contributed by atoms with van der Waals surface area (Å²) < 4.78 is 19.2. The molecule has 0 saturated carbocycles. The highest BCUT2D eigenvalue weighted by Crippen LogP contribution is 2.15. The summed E-state index contributed by atoms with van der Waals surface area (Å²) in [5.41, 5.74) is 0.261. The molecule has 0 bridgehead atoms. The van der Waals surface area contributed by atoms with Gasteiger partial charge in [0.25, 0.3) is 5.91 Å². The van der Waals surface area contributed by atoms with Crippen LogP contribution in [0.2, 0.25) is 0 Å². The molecule has 3 amide bonds. The summed E-state index contributed by atoms with van der Waals surface area (Å²) in [4.78, 5) is 30.3. The van der Waals surface area contributed by atoms with Crippen LogP contribution in [0.1, 0.15) is 44.1 Å². The Bertz CT molecular complexity index is 804. The van der Waals surface area contributed by atoms with Crippen LogP contribution in [-0.4, -0.2) is 34.9 Å². The van der Waals surface area contributed by atoms with Crippen LogP contribution in [-0.2, 0) is 6.54 Å².